The highest BCUT2D eigenvalue weighted by molar-refractivity contribution is 9.10. The summed E-state index contributed by atoms with van der Waals surface area (Å²) in [4.78, 5) is 11.8. The Kier molecular flexibility index (Phi) is 6.20. The van der Waals surface area contributed by atoms with Gasteiger partial charge in [0.25, 0.3) is 0 Å². The molecule has 0 bridgehead atoms. The van der Waals surface area contributed by atoms with Gasteiger partial charge in [-0.3, -0.25) is 0 Å². The van der Waals surface area contributed by atoms with Gasteiger partial charge in [-0.05, 0) is 57.7 Å². The molecule has 1 fully saturated rings. The van der Waals surface area contributed by atoms with Crippen molar-refractivity contribution in [2.24, 2.45) is 5.92 Å². The maximum Gasteiger partial charge on any atom is 0.407 e. The Morgan fingerprint density at radius 1 is 1.39 bits per heavy atom. The standard InChI is InChI=1S/C17H24BrClN2O2/c1-17(2,3)23-16(22)20-10-11-5-4-6-14(11)21-15-8-7-12(18)9-13(15)19/h7-9,11,14,21H,4-6,10H2,1-3H3,(H,20,22). The molecule has 0 radical (unpaired) electrons. The van der Waals surface area contributed by atoms with E-state index in [1.165, 1.54) is 0 Å². The van der Waals surface area contributed by atoms with Crippen LogP contribution in [0.1, 0.15) is 40.0 Å². The van der Waals surface area contributed by atoms with Crippen LogP contribution in [0.2, 0.25) is 5.02 Å². The molecule has 2 rings (SSSR count). The fraction of sp³-hybridized carbons (Fsp3) is 0.588. The highest BCUT2D eigenvalue weighted by atomic mass is 79.9. The van der Waals surface area contributed by atoms with Gasteiger partial charge in [-0.2, -0.15) is 0 Å². The second kappa shape index (κ2) is 7.75. The number of rotatable bonds is 4. The molecule has 1 amide bonds. The molecule has 0 saturated heterocycles. The van der Waals surface area contributed by atoms with Crippen molar-refractivity contribution in [3.63, 3.8) is 0 Å². The molecule has 2 N–H and O–H groups in total. The summed E-state index contributed by atoms with van der Waals surface area (Å²) in [5.41, 5.74) is 0.464. The van der Waals surface area contributed by atoms with Gasteiger partial charge in [0.1, 0.15) is 5.60 Å². The van der Waals surface area contributed by atoms with Gasteiger partial charge in [0.15, 0.2) is 0 Å². The molecule has 1 aromatic rings. The van der Waals surface area contributed by atoms with Crippen molar-refractivity contribution >= 4 is 39.3 Å². The molecule has 23 heavy (non-hydrogen) atoms. The molecule has 128 valence electrons. The molecule has 1 aliphatic rings. The van der Waals surface area contributed by atoms with E-state index >= 15 is 0 Å². The van der Waals surface area contributed by atoms with E-state index in [9.17, 15) is 4.79 Å². The van der Waals surface area contributed by atoms with Crippen molar-refractivity contribution in [1.82, 2.24) is 5.32 Å². The fourth-order valence-corrected chi connectivity index (χ4v) is 3.53. The van der Waals surface area contributed by atoms with Crippen molar-refractivity contribution in [3.05, 3.63) is 27.7 Å². The van der Waals surface area contributed by atoms with E-state index in [1.54, 1.807) is 0 Å². The monoisotopic (exact) mass is 402 g/mol. The summed E-state index contributed by atoms with van der Waals surface area (Å²) in [6.45, 7) is 6.20. The normalized spacial score (nSPS) is 21.1. The summed E-state index contributed by atoms with van der Waals surface area (Å²) in [7, 11) is 0. The predicted molar refractivity (Wildman–Crippen MR) is 98.1 cm³/mol. The first-order valence-corrected chi connectivity index (χ1v) is 9.10. The number of amides is 1. The summed E-state index contributed by atoms with van der Waals surface area (Å²) < 4.78 is 6.25. The number of carbonyl (C=O) groups excluding carboxylic acids is 1. The van der Waals surface area contributed by atoms with Crippen LogP contribution in [0.5, 0.6) is 0 Å². The van der Waals surface area contributed by atoms with Gasteiger partial charge in [0.05, 0.1) is 10.7 Å². The van der Waals surface area contributed by atoms with Crippen LogP contribution in [0, 0.1) is 5.92 Å². The van der Waals surface area contributed by atoms with E-state index in [1.807, 2.05) is 39.0 Å². The van der Waals surface area contributed by atoms with Crippen LogP contribution in [-0.4, -0.2) is 24.3 Å². The van der Waals surface area contributed by atoms with Crippen molar-refractivity contribution in [1.29, 1.82) is 0 Å². The van der Waals surface area contributed by atoms with Crippen LogP contribution in [0.4, 0.5) is 10.5 Å². The van der Waals surface area contributed by atoms with Crippen molar-refractivity contribution in [2.75, 3.05) is 11.9 Å². The first-order valence-electron chi connectivity index (χ1n) is 7.93. The van der Waals surface area contributed by atoms with Crippen molar-refractivity contribution in [2.45, 2.75) is 51.7 Å². The van der Waals surface area contributed by atoms with E-state index < -0.39 is 5.60 Å². The smallest absolute Gasteiger partial charge is 0.407 e. The second-order valence-corrected chi connectivity index (χ2v) is 8.27. The zero-order valence-corrected chi connectivity index (χ0v) is 16.1. The van der Waals surface area contributed by atoms with Crippen LogP contribution in [0.15, 0.2) is 22.7 Å². The number of halogens is 2. The molecule has 4 nitrogen and oxygen atoms in total. The third-order valence-electron chi connectivity index (χ3n) is 3.84. The molecule has 2 atom stereocenters. The van der Waals surface area contributed by atoms with Crippen molar-refractivity contribution in [3.8, 4) is 0 Å². The quantitative estimate of drug-likeness (QED) is 0.725. The highest BCUT2D eigenvalue weighted by Gasteiger charge is 2.28. The Bertz CT molecular complexity index is 560. The van der Waals surface area contributed by atoms with Gasteiger partial charge in [0, 0.05) is 17.1 Å². The van der Waals surface area contributed by atoms with Crippen LogP contribution in [0.3, 0.4) is 0 Å². The van der Waals surface area contributed by atoms with Crippen LogP contribution < -0.4 is 10.6 Å². The maximum atomic E-state index is 11.8. The molecule has 6 heteroatoms. The lowest BCUT2D eigenvalue weighted by Crippen LogP contribution is -2.38. The molecule has 1 aromatic carbocycles. The second-order valence-electron chi connectivity index (χ2n) is 6.95. The van der Waals surface area contributed by atoms with Gasteiger partial charge < -0.3 is 15.4 Å². The summed E-state index contributed by atoms with van der Waals surface area (Å²) in [5.74, 6) is 0.377. The average molecular weight is 404 g/mol. The Morgan fingerprint density at radius 2 is 2.13 bits per heavy atom. The Labute approximate surface area is 151 Å². The molecule has 0 aromatic heterocycles. The first-order chi connectivity index (χ1) is 10.7. The zero-order valence-electron chi connectivity index (χ0n) is 13.8. The molecular weight excluding hydrogens is 380 g/mol. The lowest BCUT2D eigenvalue weighted by atomic mass is 10.0. The number of benzene rings is 1. The number of alkyl carbamates (subject to hydrolysis) is 1. The minimum absolute atomic E-state index is 0.309. The van der Waals surface area contributed by atoms with Crippen LogP contribution >= 0.6 is 27.5 Å². The minimum atomic E-state index is -0.470. The lowest BCUT2D eigenvalue weighted by Gasteiger charge is -2.24. The van der Waals surface area contributed by atoms with Gasteiger partial charge in [0.2, 0.25) is 0 Å². The third-order valence-corrected chi connectivity index (χ3v) is 4.64. The molecule has 1 aliphatic carbocycles. The molecule has 2 unspecified atom stereocenters. The predicted octanol–water partition coefficient (Wildman–Crippen LogP) is 5.21. The fourth-order valence-electron chi connectivity index (χ4n) is 2.81. The summed E-state index contributed by atoms with van der Waals surface area (Å²) in [6, 6.07) is 6.14. The van der Waals surface area contributed by atoms with Crippen LogP contribution in [-0.2, 0) is 4.74 Å². The molecule has 0 spiro atoms. The summed E-state index contributed by atoms with van der Waals surface area (Å²) in [5, 5.41) is 7.09. The number of anilines is 1. The van der Waals surface area contributed by atoms with Gasteiger partial charge in [-0.15, -0.1) is 0 Å². The van der Waals surface area contributed by atoms with Gasteiger partial charge >= 0.3 is 6.09 Å². The highest BCUT2D eigenvalue weighted by Crippen LogP contribution is 2.32. The Balaban J connectivity index is 1.89. The SMILES string of the molecule is CC(C)(C)OC(=O)NCC1CCCC1Nc1ccc(Br)cc1Cl. The topological polar surface area (TPSA) is 50.4 Å². The number of hydrogen-bond donors (Lipinski definition) is 2. The lowest BCUT2D eigenvalue weighted by molar-refractivity contribution is 0.0519. The van der Waals surface area contributed by atoms with Gasteiger partial charge in [-0.25, -0.2) is 4.79 Å². The van der Waals surface area contributed by atoms with E-state index in [0.29, 0.717) is 23.5 Å². The minimum Gasteiger partial charge on any atom is -0.444 e. The number of nitrogens with one attached hydrogen (secondary N) is 2. The average Bonchev–Trinajstić information content (AvgIpc) is 2.85. The van der Waals surface area contributed by atoms with E-state index in [2.05, 4.69) is 26.6 Å². The summed E-state index contributed by atoms with van der Waals surface area (Å²) in [6.07, 6.45) is 2.95. The number of hydrogen-bond acceptors (Lipinski definition) is 3. The molecule has 1 saturated carbocycles. The Morgan fingerprint density at radius 3 is 2.78 bits per heavy atom. The first kappa shape index (κ1) is 18.4. The molecular formula is C17H24BrClN2O2. The van der Waals surface area contributed by atoms with Crippen molar-refractivity contribution < 1.29 is 9.53 Å². The van der Waals surface area contributed by atoms with Gasteiger partial charge in [-0.1, -0.05) is 34.0 Å². The molecule has 0 heterocycles. The Hall–Kier alpha value is -0.940. The van der Waals surface area contributed by atoms with Crippen LogP contribution in [0.25, 0.3) is 0 Å². The zero-order chi connectivity index (χ0) is 17.0. The number of carbonyl (C=O) groups is 1. The third kappa shape index (κ3) is 5.88. The van der Waals surface area contributed by atoms with E-state index in [0.717, 1.165) is 29.4 Å². The van der Waals surface area contributed by atoms with E-state index in [4.69, 9.17) is 16.3 Å². The number of ether oxygens (including phenoxy) is 1. The largest absolute Gasteiger partial charge is 0.444 e. The maximum absolute atomic E-state index is 11.8. The van der Waals surface area contributed by atoms with E-state index in [-0.39, 0.29) is 6.09 Å². The summed E-state index contributed by atoms with van der Waals surface area (Å²) >= 11 is 9.69. The molecule has 0 aliphatic heterocycles.